The Morgan fingerprint density at radius 1 is 0.771 bits per heavy atom. The molecule has 0 bridgehead atoms. The van der Waals surface area contributed by atoms with Gasteiger partial charge in [0.05, 0.1) is 5.92 Å². The number of allylic oxidation sites excluding steroid dienone is 10. The summed E-state index contributed by atoms with van der Waals surface area (Å²) in [4.78, 5) is 23.9. The van der Waals surface area contributed by atoms with Crippen molar-refractivity contribution in [1.29, 1.82) is 0 Å². The summed E-state index contributed by atoms with van der Waals surface area (Å²) in [5.41, 5.74) is 0. The van der Waals surface area contributed by atoms with Gasteiger partial charge in [-0.15, -0.1) is 0 Å². The molecule has 0 rings (SSSR count). The van der Waals surface area contributed by atoms with E-state index in [1.807, 2.05) is 20.8 Å². The van der Waals surface area contributed by atoms with Gasteiger partial charge in [-0.25, -0.2) is 0 Å². The van der Waals surface area contributed by atoms with Crippen LogP contribution in [0.15, 0.2) is 60.8 Å². The maximum atomic E-state index is 12.5. The number of Topliss-reactive ketones (excluding diaryl/α,β-unsaturated/α-hetero) is 1. The molecule has 4 nitrogen and oxygen atoms in total. The van der Waals surface area contributed by atoms with Gasteiger partial charge >= 0.3 is 5.97 Å². The number of ketones is 1. The Balaban J connectivity index is 3.89. The first-order chi connectivity index (χ1) is 16.9. The molecule has 0 saturated carbocycles. The molecule has 2 atom stereocenters. The van der Waals surface area contributed by atoms with Crippen molar-refractivity contribution < 1.29 is 19.4 Å². The first-order valence-electron chi connectivity index (χ1n) is 13.5. The van der Waals surface area contributed by atoms with Crippen LogP contribution in [0.3, 0.4) is 0 Å². The van der Waals surface area contributed by atoms with E-state index in [1.165, 1.54) is 0 Å². The van der Waals surface area contributed by atoms with Crippen molar-refractivity contribution in [2.24, 2.45) is 11.8 Å². The van der Waals surface area contributed by atoms with Crippen LogP contribution in [0.5, 0.6) is 0 Å². The highest BCUT2D eigenvalue weighted by Gasteiger charge is 2.26. The lowest BCUT2D eigenvalue weighted by molar-refractivity contribution is -0.146. The Labute approximate surface area is 214 Å². The Morgan fingerprint density at radius 2 is 1.29 bits per heavy atom. The average Bonchev–Trinajstić information content (AvgIpc) is 2.82. The van der Waals surface area contributed by atoms with Crippen LogP contribution in [-0.2, 0) is 14.3 Å². The molecule has 1 N–H and O–H groups in total. The smallest absolute Gasteiger partial charge is 0.306 e. The number of ether oxygens (including phenoxy) is 1. The molecule has 0 aromatic rings. The number of carbonyl (C=O) groups is 2. The van der Waals surface area contributed by atoms with E-state index in [9.17, 15) is 14.7 Å². The monoisotopic (exact) mass is 486 g/mol. The number of carboxylic acids is 1. The second kappa shape index (κ2) is 23.5. The lowest BCUT2D eigenvalue weighted by Gasteiger charge is -2.19. The second-order valence-corrected chi connectivity index (χ2v) is 9.31. The maximum Gasteiger partial charge on any atom is 0.306 e. The van der Waals surface area contributed by atoms with E-state index in [4.69, 9.17) is 4.74 Å². The van der Waals surface area contributed by atoms with E-state index >= 15 is 0 Å². The quantitative estimate of drug-likeness (QED) is 0.123. The third kappa shape index (κ3) is 20.9. The lowest BCUT2D eigenvalue weighted by Crippen LogP contribution is -2.29. The number of carbonyl (C=O) groups excluding carboxylic acids is 1. The highest BCUT2D eigenvalue weighted by molar-refractivity contribution is 5.87. The molecule has 0 aromatic carbocycles. The molecule has 0 radical (unpaired) electrons. The molecule has 0 aliphatic heterocycles. The van der Waals surface area contributed by atoms with Crippen molar-refractivity contribution in [2.45, 2.75) is 104 Å². The van der Waals surface area contributed by atoms with Gasteiger partial charge in [-0.05, 0) is 70.1 Å². The Morgan fingerprint density at radius 3 is 1.74 bits per heavy atom. The molecule has 4 heteroatoms. The number of rotatable bonds is 22. The van der Waals surface area contributed by atoms with Crippen molar-refractivity contribution in [1.82, 2.24) is 0 Å². The van der Waals surface area contributed by atoms with E-state index in [1.54, 1.807) is 0 Å². The zero-order valence-corrected chi connectivity index (χ0v) is 22.7. The van der Waals surface area contributed by atoms with E-state index in [-0.39, 0.29) is 18.1 Å². The molecule has 0 fully saturated rings. The number of hydrogen-bond acceptors (Lipinski definition) is 3. The van der Waals surface area contributed by atoms with Gasteiger partial charge in [0.2, 0.25) is 0 Å². The molecule has 0 spiro atoms. The van der Waals surface area contributed by atoms with Crippen molar-refractivity contribution in [3.05, 3.63) is 60.8 Å². The topological polar surface area (TPSA) is 63.6 Å². The van der Waals surface area contributed by atoms with Crippen LogP contribution in [0.1, 0.15) is 98.3 Å². The van der Waals surface area contributed by atoms with Gasteiger partial charge in [-0.1, -0.05) is 88.5 Å². The summed E-state index contributed by atoms with van der Waals surface area (Å²) in [6.45, 7) is 8.56. The normalized spacial score (nSPS) is 14.4. The summed E-state index contributed by atoms with van der Waals surface area (Å²) in [5, 5.41) is 9.36. The molecule has 1 unspecified atom stereocenters. The highest BCUT2D eigenvalue weighted by Crippen LogP contribution is 2.18. The first kappa shape index (κ1) is 32.8. The maximum absolute atomic E-state index is 12.5. The molecule has 0 aliphatic carbocycles. The Bertz CT molecular complexity index is 682. The van der Waals surface area contributed by atoms with Crippen molar-refractivity contribution in [2.75, 3.05) is 6.61 Å². The zero-order chi connectivity index (χ0) is 26.2. The van der Waals surface area contributed by atoms with Gasteiger partial charge < -0.3 is 9.84 Å². The average molecular weight is 487 g/mol. The predicted molar refractivity (Wildman–Crippen MR) is 149 cm³/mol. The van der Waals surface area contributed by atoms with Gasteiger partial charge in [0.25, 0.3) is 0 Å². The van der Waals surface area contributed by atoms with Crippen molar-refractivity contribution in [3.8, 4) is 0 Å². The van der Waals surface area contributed by atoms with Gasteiger partial charge in [0, 0.05) is 13.0 Å². The summed E-state index contributed by atoms with van der Waals surface area (Å²) in [5.74, 6) is -1.34. The number of unbranched alkanes of at least 4 members (excludes halogenated alkanes) is 2. The van der Waals surface area contributed by atoms with Crippen molar-refractivity contribution >= 4 is 11.8 Å². The summed E-state index contributed by atoms with van der Waals surface area (Å²) in [7, 11) is 0. The van der Waals surface area contributed by atoms with Crippen LogP contribution in [0.2, 0.25) is 0 Å². The van der Waals surface area contributed by atoms with Crippen LogP contribution in [0, 0.1) is 11.8 Å². The standard InChI is InChI=1S/C31H50O4/c1-5-7-8-9-10-11-12-13-14-15-16-17-18-19-20-21-22-23-24-35-30(6-2)29(32)26-28(31(33)34)25-27(3)4/h7-8,10-11,13-14,16-17,19-20,27-28,30H,5-6,9,12,15,18,21-26H2,1-4H3,(H,33,34)/b8-7-,11-10-,14-13-,17-16-,20-19-/t28-,30?/m1/s1. The van der Waals surface area contributed by atoms with Gasteiger partial charge in [0.1, 0.15) is 6.10 Å². The fraction of sp³-hybridized carbons (Fsp3) is 0.613. The largest absolute Gasteiger partial charge is 0.481 e. The van der Waals surface area contributed by atoms with Crippen LogP contribution < -0.4 is 0 Å². The van der Waals surface area contributed by atoms with Gasteiger partial charge in [-0.3, -0.25) is 9.59 Å². The molecule has 35 heavy (non-hydrogen) atoms. The molecule has 0 saturated heterocycles. The summed E-state index contributed by atoms with van der Waals surface area (Å²) >= 11 is 0. The lowest BCUT2D eigenvalue weighted by atomic mass is 9.91. The molecular weight excluding hydrogens is 436 g/mol. The number of aliphatic carboxylic acids is 1. The zero-order valence-electron chi connectivity index (χ0n) is 22.7. The fourth-order valence-corrected chi connectivity index (χ4v) is 3.61. The number of hydrogen-bond donors (Lipinski definition) is 1. The minimum absolute atomic E-state index is 0.0616. The van der Waals surface area contributed by atoms with Crippen molar-refractivity contribution in [3.63, 3.8) is 0 Å². The summed E-state index contributed by atoms with van der Waals surface area (Å²) < 4.78 is 5.78. The Hall–Kier alpha value is -2.20. The minimum Gasteiger partial charge on any atom is -0.481 e. The molecule has 0 heterocycles. The summed E-state index contributed by atoms with van der Waals surface area (Å²) in [6, 6.07) is 0. The SMILES string of the molecule is CC/C=C\C/C=C\C/C=C\C/C=C\C/C=C\CCCCOC(CC)C(=O)C[C@@H](CC(C)C)C(=O)O. The molecular formula is C31H50O4. The predicted octanol–water partition coefficient (Wildman–Crippen LogP) is 8.41. The summed E-state index contributed by atoms with van der Waals surface area (Å²) in [6.07, 6.45) is 30.6. The minimum atomic E-state index is -0.890. The van der Waals surface area contributed by atoms with Crippen LogP contribution >= 0.6 is 0 Å². The van der Waals surface area contributed by atoms with Crippen LogP contribution in [-0.4, -0.2) is 29.6 Å². The highest BCUT2D eigenvalue weighted by atomic mass is 16.5. The molecule has 198 valence electrons. The molecule has 0 aliphatic rings. The fourth-order valence-electron chi connectivity index (χ4n) is 3.61. The van der Waals surface area contributed by atoms with Crippen LogP contribution in [0.25, 0.3) is 0 Å². The second-order valence-electron chi connectivity index (χ2n) is 9.31. The van der Waals surface area contributed by atoms with Gasteiger partial charge in [-0.2, -0.15) is 0 Å². The van der Waals surface area contributed by atoms with E-state index < -0.39 is 18.0 Å². The molecule has 0 aromatic heterocycles. The third-order valence-electron chi connectivity index (χ3n) is 5.52. The van der Waals surface area contributed by atoms with Crippen LogP contribution in [0.4, 0.5) is 0 Å². The molecule has 0 amide bonds. The Kier molecular flexibility index (Phi) is 22.1. The third-order valence-corrected chi connectivity index (χ3v) is 5.52. The number of carboxylic acid groups (broad SMARTS) is 1. The first-order valence-corrected chi connectivity index (χ1v) is 13.5. The van der Waals surface area contributed by atoms with E-state index in [0.29, 0.717) is 19.4 Å². The van der Waals surface area contributed by atoms with E-state index in [2.05, 4.69) is 67.7 Å². The van der Waals surface area contributed by atoms with E-state index in [0.717, 1.165) is 51.4 Å². The van der Waals surface area contributed by atoms with Gasteiger partial charge in [0.15, 0.2) is 5.78 Å².